The average Bonchev–Trinajstić information content (AvgIpc) is 3.79. The number of nitrogens with zero attached hydrogens (tertiary/aromatic N) is 8. The summed E-state index contributed by atoms with van der Waals surface area (Å²) >= 11 is 9.32. The smallest absolute Gasteiger partial charge is 0.231 e. The number of nitrogens with one attached hydrogen (secondary N) is 1. The van der Waals surface area contributed by atoms with Crippen molar-refractivity contribution in [3.8, 4) is 34.5 Å². The summed E-state index contributed by atoms with van der Waals surface area (Å²) < 4.78 is 10.8. The molecule has 0 saturated carbocycles. The molecule has 218 valence electrons. The van der Waals surface area contributed by atoms with E-state index in [2.05, 4.69) is 52.5 Å². The van der Waals surface area contributed by atoms with Crippen molar-refractivity contribution in [2.45, 2.75) is 20.4 Å². The Labute approximate surface area is 264 Å². The molecule has 0 aliphatic carbocycles. The Morgan fingerprint density at radius 3 is 2.09 bits per heavy atom. The van der Waals surface area contributed by atoms with Crippen LogP contribution in [-0.4, -0.2) is 46.7 Å². The van der Waals surface area contributed by atoms with E-state index in [1.165, 1.54) is 0 Å². The molecule has 14 heteroatoms. The van der Waals surface area contributed by atoms with Crippen LogP contribution in [0.5, 0.6) is 11.5 Å². The van der Waals surface area contributed by atoms with Crippen molar-refractivity contribution < 1.29 is 9.47 Å². The Morgan fingerprint density at radius 2 is 1.41 bits per heavy atom. The predicted molar refractivity (Wildman–Crippen MR) is 171 cm³/mol. The molecule has 0 amide bonds. The van der Waals surface area contributed by atoms with Crippen molar-refractivity contribution in [2.75, 3.05) is 12.1 Å². The number of rotatable bonds is 5. The standard InChI is InChI=1S/C19H15N5O2S.C11H7ClN4S/c1-11-9-27-19-16(11)18(23-17(24-19)13-8-20-4-5-21-13)22-7-12-2-3-14-15(6-12)26-10-25-14;1-6-5-17-11-8(6)9(12)15-10(16-11)7-4-13-2-3-14-7/h2-6,8-9H,7,10H2,1H3,(H,22,23,24);2-5H,1H3. The zero-order valence-corrected chi connectivity index (χ0v) is 25.7. The van der Waals surface area contributed by atoms with E-state index in [4.69, 9.17) is 26.1 Å². The van der Waals surface area contributed by atoms with Gasteiger partial charge < -0.3 is 14.8 Å². The van der Waals surface area contributed by atoms with Gasteiger partial charge in [-0.3, -0.25) is 9.97 Å². The molecule has 0 spiro atoms. The Hall–Kier alpha value is -4.85. The fourth-order valence-corrected chi connectivity index (χ4v) is 6.76. The Bertz CT molecular complexity index is 2110. The molecule has 8 rings (SSSR count). The lowest BCUT2D eigenvalue weighted by Gasteiger charge is -2.10. The molecule has 7 aromatic rings. The number of fused-ring (bicyclic) bond motifs is 3. The molecule has 0 bridgehead atoms. The zero-order chi connectivity index (χ0) is 30.0. The first-order valence-corrected chi connectivity index (χ1v) is 15.5. The molecule has 0 radical (unpaired) electrons. The molecule has 0 saturated heterocycles. The summed E-state index contributed by atoms with van der Waals surface area (Å²) in [7, 11) is 0. The Balaban J connectivity index is 0.000000158. The van der Waals surface area contributed by atoms with E-state index in [-0.39, 0.29) is 6.79 Å². The molecule has 1 aromatic carbocycles. The molecule has 1 aliphatic heterocycles. The third-order valence-electron chi connectivity index (χ3n) is 6.67. The summed E-state index contributed by atoms with van der Waals surface area (Å²) in [6.07, 6.45) is 9.79. The minimum absolute atomic E-state index is 0.272. The van der Waals surface area contributed by atoms with Gasteiger partial charge in [0.25, 0.3) is 0 Å². The molecule has 1 aliphatic rings. The lowest BCUT2D eigenvalue weighted by molar-refractivity contribution is 0.174. The Morgan fingerprint density at radius 1 is 0.773 bits per heavy atom. The second-order valence-corrected chi connectivity index (χ2v) is 11.7. The van der Waals surface area contributed by atoms with Gasteiger partial charge in [-0.05, 0) is 53.4 Å². The fourth-order valence-electron chi connectivity index (χ4n) is 4.54. The molecule has 0 unspecified atom stereocenters. The maximum absolute atomic E-state index is 6.17. The van der Waals surface area contributed by atoms with Crippen LogP contribution in [0.3, 0.4) is 0 Å². The number of hydrogen-bond acceptors (Lipinski definition) is 13. The number of benzene rings is 1. The minimum atomic E-state index is 0.272. The topological polar surface area (TPSA) is 134 Å². The van der Waals surface area contributed by atoms with Crippen LogP contribution < -0.4 is 14.8 Å². The highest BCUT2D eigenvalue weighted by Crippen LogP contribution is 2.34. The van der Waals surface area contributed by atoms with E-state index < -0.39 is 0 Å². The summed E-state index contributed by atoms with van der Waals surface area (Å²) in [4.78, 5) is 36.5. The van der Waals surface area contributed by atoms with Crippen molar-refractivity contribution in [2.24, 2.45) is 0 Å². The molecule has 44 heavy (non-hydrogen) atoms. The first kappa shape index (κ1) is 28.0. The van der Waals surface area contributed by atoms with Crippen LogP contribution in [0.1, 0.15) is 16.7 Å². The molecule has 6 aromatic heterocycles. The van der Waals surface area contributed by atoms with E-state index in [0.29, 0.717) is 34.7 Å². The van der Waals surface area contributed by atoms with Gasteiger partial charge >= 0.3 is 0 Å². The highest BCUT2D eigenvalue weighted by molar-refractivity contribution is 7.17. The first-order valence-electron chi connectivity index (χ1n) is 13.4. The number of thiophene rings is 2. The van der Waals surface area contributed by atoms with Gasteiger partial charge in [0, 0.05) is 31.3 Å². The zero-order valence-electron chi connectivity index (χ0n) is 23.4. The SMILES string of the molecule is Cc1csc2nc(-c3cnccn3)nc(Cl)c12.Cc1csc2nc(-c3cnccn3)nc(NCc3ccc4c(c3)OCO4)c12. The monoisotopic (exact) mass is 639 g/mol. The van der Waals surface area contributed by atoms with Crippen molar-refractivity contribution in [3.63, 3.8) is 0 Å². The van der Waals surface area contributed by atoms with E-state index in [9.17, 15) is 0 Å². The number of halogens is 1. The summed E-state index contributed by atoms with van der Waals surface area (Å²) in [5.74, 6) is 3.41. The van der Waals surface area contributed by atoms with Gasteiger partial charge in [0.2, 0.25) is 6.79 Å². The quantitative estimate of drug-likeness (QED) is 0.197. The van der Waals surface area contributed by atoms with Gasteiger partial charge in [0.15, 0.2) is 23.1 Å². The van der Waals surface area contributed by atoms with Crippen LogP contribution in [0.25, 0.3) is 43.5 Å². The Kier molecular flexibility index (Phi) is 7.64. The van der Waals surface area contributed by atoms with Crippen LogP contribution in [0.15, 0.2) is 66.1 Å². The summed E-state index contributed by atoms with van der Waals surface area (Å²) in [6.45, 7) is 4.94. The molecule has 1 N–H and O–H groups in total. The maximum atomic E-state index is 6.17. The molecular formula is C30H22ClN9O2S2. The second-order valence-electron chi connectivity index (χ2n) is 9.65. The van der Waals surface area contributed by atoms with Crippen molar-refractivity contribution in [3.05, 3.63) is 88.0 Å². The van der Waals surface area contributed by atoms with Crippen molar-refractivity contribution in [1.82, 2.24) is 39.9 Å². The van der Waals surface area contributed by atoms with Gasteiger partial charge in [-0.15, -0.1) is 22.7 Å². The summed E-state index contributed by atoms with van der Waals surface area (Å²) in [5.41, 5.74) is 4.61. The van der Waals surface area contributed by atoms with Gasteiger partial charge in [0.1, 0.15) is 32.0 Å². The summed E-state index contributed by atoms with van der Waals surface area (Å²) in [5, 5.41) is 9.97. The van der Waals surface area contributed by atoms with E-state index >= 15 is 0 Å². The van der Waals surface area contributed by atoms with Crippen LogP contribution in [0.4, 0.5) is 5.82 Å². The van der Waals surface area contributed by atoms with E-state index in [1.54, 1.807) is 59.9 Å². The largest absolute Gasteiger partial charge is 0.454 e. The van der Waals surface area contributed by atoms with Crippen LogP contribution in [0, 0.1) is 13.8 Å². The lowest BCUT2D eigenvalue weighted by atomic mass is 10.2. The number of aryl methyl sites for hydroxylation is 2. The first-order chi connectivity index (χ1) is 21.5. The highest BCUT2D eigenvalue weighted by atomic mass is 35.5. The van der Waals surface area contributed by atoms with Crippen LogP contribution in [-0.2, 0) is 6.54 Å². The number of hydrogen-bond donors (Lipinski definition) is 1. The average molecular weight is 640 g/mol. The van der Waals surface area contributed by atoms with Crippen LogP contribution >= 0.6 is 34.3 Å². The van der Waals surface area contributed by atoms with E-state index in [0.717, 1.165) is 54.4 Å². The number of anilines is 1. The van der Waals surface area contributed by atoms with Crippen molar-refractivity contribution in [1.29, 1.82) is 0 Å². The van der Waals surface area contributed by atoms with E-state index in [1.807, 2.05) is 30.5 Å². The van der Waals surface area contributed by atoms with Crippen LogP contribution in [0.2, 0.25) is 5.15 Å². The van der Waals surface area contributed by atoms with Gasteiger partial charge in [-0.1, -0.05) is 17.7 Å². The minimum Gasteiger partial charge on any atom is -0.454 e. The lowest BCUT2D eigenvalue weighted by Crippen LogP contribution is -2.04. The molecule has 0 fully saturated rings. The highest BCUT2D eigenvalue weighted by Gasteiger charge is 2.16. The van der Waals surface area contributed by atoms with Gasteiger partial charge in [-0.25, -0.2) is 29.9 Å². The molecule has 0 atom stereocenters. The third kappa shape index (κ3) is 5.60. The molecular weight excluding hydrogens is 618 g/mol. The van der Waals surface area contributed by atoms with Gasteiger partial charge in [0.05, 0.1) is 23.2 Å². The van der Waals surface area contributed by atoms with Crippen molar-refractivity contribution >= 4 is 60.5 Å². The predicted octanol–water partition coefficient (Wildman–Crippen LogP) is 6.91. The van der Waals surface area contributed by atoms with Gasteiger partial charge in [-0.2, -0.15) is 0 Å². The molecule has 11 nitrogen and oxygen atoms in total. The number of ether oxygens (including phenoxy) is 2. The second kappa shape index (κ2) is 12.0. The normalized spacial score (nSPS) is 11.9. The fraction of sp³-hybridized carbons (Fsp3) is 0.133. The maximum Gasteiger partial charge on any atom is 0.231 e. The summed E-state index contributed by atoms with van der Waals surface area (Å²) in [6, 6.07) is 5.93. The molecule has 7 heterocycles. The number of aromatic nitrogens is 8. The third-order valence-corrected chi connectivity index (χ3v) is 8.93.